The van der Waals surface area contributed by atoms with Gasteiger partial charge in [0.1, 0.15) is 4.21 Å². The lowest BCUT2D eigenvalue weighted by atomic mass is 9.87. The molecule has 0 amide bonds. The third-order valence-corrected chi connectivity index (χ3v) is 7.44. The van der Waals surface area contributed by atoms with E-state index in [-0.39, 0.29) is 6.04 Å². The number of sulfonamides is 1. The second kappa shape index (κ2) is 6.56. The molecule has 1 N–H and O–H groups in total. The third-order valence-electron chi connectivity index (χ3n) is 4.07. The van der Waals surface area contributed by atoms with Crippen LogP contribution in [0.15, 0.2) is 15.7 Å². The summed E-state index contributed by atoms with van der Waals surface area (Å²) >= 11 is 1.32. The van der Waals surface area contributed by atoms with Crippen LogP contribution in [0.25, 0.3) is 0 Å². The number of hydrogen-bond donors (Lipinski definition) is 1. The van der Waals surface area contributed by atoms with Crippen molar-refractivity contribution < 1.29 is 8.42 Å². The van der Waals surface area contributed by atoms with Crippen molar-refractivity contribution in [2.24, 2.45) is 5.92 Å². The van der Waals surface area contributed by atoms with Crippen LogP contribution in [-0.4, -0.2) is 32.9 Å². The van der Waals surface area contributed by atoms with E-state index in [4.69, 9.17) is 0 Å². The van der Waals surface area contributed by atoms with E-state index in [0.29, 0.717) is 16.7 Å². The highest BCUT2D eigenvalue weighted by molar-refractivity contribution is 7.91. The molecule has 1 saturated carbocycles. The zero-order valence-electron chi connectivity index (χ0n) is 12.4. The second-order valence-corrected chi connectivity index (χ2v) is 8.89. The molecule has 1 aromatic rings. The largest absolute Gasteiger partial charge is 0.316 e. The molecule has 2 rings (SSSR count). The van der Waals surface area contributed by atoms with Gasteiger partial charge in [-0.05, 0) is 42.8 Å². The van der Waals surface area contributed by atoms with Crippen molar-refractivity contribution in [1.82, 2.24) is 9.62 Å². The Morgan fingerprint density at radius 3 is 2.85 bits per heavy atom. The Labute approximate surface area is 126 Å². The molecule has 2 atom stereocenters. The molecule has 0 spiro atoms. The first-order valence-electron chi connectivity index (χ1n) is 7.15. The Morgan fingerprint density at radius 1 is 1.45 bits per heavy atom. The fourth-order valence-corrected chi connectivity index (χ4v) is 5.65. The summed E-state index contributed by atoms with van der Waals surface area (Å²) in [7, 11) is 0.259. The Morgan fingerprint density at radius 2 is 2.20 bits per heavy atom. The quantitative estimate of drug-likeness (QED) is 0.908. The molecule has 0 aromatic carbocycles. The van der Waals surface area contributed by atoms with Gasteiger partial charge in [0.2, 0.25) is 0 Å². The van der Waals surface area contributed by atoms with Crippen molar-refractivity contribution in [2.45, 2.75) is 49.4 Å². The summed E-state index contributed by atoms with van der Waals surface area (Å²) in [4.78, 5) is 0. The summed E-state index contributed by atoms with van der Waals surface area (Å²) in [5.41, 5.74) is 1.03. The number of hydrogen-bond acceptors (Lipinski definition) is 4. The van der Waals surface area contributed by atoms with E-state index in [1.807, 2.05) is 12.4 Å². The highest BCUT2D eigenvalue weighted by Crippen LogP contribution is 2.31. The summed E-state index contributed by atoms with van der Waals surface area (Å²) in [5.74, 6) is 0.620. The minimum Gasteiger partial charge on any atom is -0.316 e. The van der Waals surface area contributed by atoms with Gasteiger partial charge < -0.3 is 5.32 Å². The van der Waals surface area contributed by atoms with Crippen LogP contribution in [0.3, 0.4) is 0 Å². The molecule has 1 aromatic heterocycles. The van der Waals surface area contributed by atoms with Crippen LogP contribution >= 0.6 is 11.3 Å². The Hall–Kier alpha value is -0.430. The van der Waals surface area contributed by atoms with E-state index < -0.39 is 10.0 Å². The Balaban J connectivity index is 2.15. The van der Waals surface area contributed by atoms with Gasteiger partial charge in [0.15, 0.2) is 0 Å². The molecular weight excluding hydrogens is 292 g/mol. The number of rotatable bonds is 5. The first kappa shape index (κ1) is 15.9. The van der Waals surface area contributed by atoms with Crippen LogP contribution in [0.4, 0.5) is 0 Å². The van der Waals surface area contributed by atoms with E-state index in [1.165, 1.54) is 17.8 Å². The maximum Gasteiger partial charge on any atom is 0.252 e. The number of thiophene rings is 1. The molecule has 4 nitrogen and oxygen atoms in total. The fourth-order valence-electron chi connectivity index (χ4n) is 2.86. The second-order valence-electron chi connectivity index (χ2n) is 5.75. The molecule has 2 unspecified atom stereocenters. The van der Waals surface area contributed by atoms with Crippen molar-refractivity contribution in [3.8, 4) is 0 Å². The van der Waals surface area contributed by atoms with Gasteiger partial charge in [-0.1, -0.05) is 19.8 Å². The molecule has 0 radical (unpaired) electrons. The molecule has 1 aliphatic carbocycles. The summed E-state index contributed by atoms with van der Waals surface area (Å²) < 4.78 is 27.4. The summed E-state index contributed by atoms with van der Waals surface area (Å²) in [6, 6.07) is 1.94. The highest BCUT2D eigenvalue weighted by Gasteiger charge is 2.31. The van der Waals surface area contributed by atoms with Crippen LogP contribution in [-0.2, 0) is 16.6 Å². The molecule has 6 heteroatoms. The van der Waals surface area contributed by atoms with Gasteiger partial charge in [0, 0.05) is 19.6 Å². The minimum absolute atomic E-state index is 0.151. The van der Waals surface area contributed by atoms with Crippen LogP contribution < -0.4 is 5.32 Å². The van der Waals surface area contributed by atoms with Gasteiger partial charge in [0.05, 0.1) is 0 Å². The lowest BCUT2D eigenvalue weighted by Gasteiger charge is -2.33. The molecule has 0 saturated heterocycles. The molecule has 1 heterocycles. The Bertz CT molecular complexity index is 539. The van der Waals surface area contributed by atoms with E-state index in [1.54, 1.807) is 17.4 Å². The first-order valence-corrected chi connectivity index (χ1v) is 9.47. The van der Waals surface area contributed by atoms with E-state index in [0.717, 1.165) is 24.8 Å². The van der Waals surface area contributed by atoms with Crippen molar-refractivity contribution in [1.29, 1.82) is 0 Å². The average molecular weight is 316 g/mol. The van der Waals surface area contributed by atoms with Gasteiger partial charge in [-0.15, -0.1) is 11.3 Å². The summed E-state index contributed by atoms with van der Waals surface area (Å²) in [6.45, 7) is 2.92. The van der Waals surface area contributed by atoms with E-state index in [9.17, 15) is 8.42 Å². The topological polar surface area (TPSA) is 49.4 Å². The maximum atomic E-state index is 12.7. The normalized spacial score (nSPS) is 24.2. The highest BCUT2D eigenvalue weighted by atomic mass is 32.2. The predicted molar refractivity (Wildman–Crippen MR) is 83.5 cm³/mol. The number of nitrogens with zero attached hydrogens (tertiary/aromatic N) is 1. The molecule has 114 valence electrons. The first-order chi connectivity index (χ1) is 9.45. The summed E-state index contributed by atoms with van der Waals surface area (Å²) in [5, 5.41) is 4.96. The minimum atomic E-state index is -3.34. The summed E-state index contributed by atoms with van der Waals surface area (Å²) in [6.07, 6.45) is 4.30. The van der Waals surface area contributed by atoms with Gasteiger partial charge >= 0.3 is 0 Å². The monoisotopic (exact) mass is 316 g/mol. The molecule has 1 fully saturated rings. The Kier molecular flexibility index (Phi) is 5.23. The maximum absolute atomic E-state index is 12.7. The lowest BCUT2D eigenvalue weighted by Crippen LogP contribution is -2.39. The smallest absolute Gasteiger partial charge is 0.252 e. The van der Waals surface area contributed by atoms with Gasteiger partial charge in [0.25, 0.3) is 10.0 Å². The zero-order valence-corrected chi connectivity index (χ0v) is 14.1. The van der Waals surface area contributed by atoms with Crippen molar-refractivity contribution in [3.63, 3.8) is 0 Å². The molecular formula is C14H24N2O2S2. The van der Waals surface area contributed by atoms with Gasteiger partial charge in [-0.2, -0.15) is 4.31 Å². The lowest BCUT2D eigenvalue weighted by molar-refractivity contribution is 0.239. The average Bonchev–Trinajstić information content (AvgIpc) is 2.87. The predicted octanol–water partition coefficient (Wildman–Crippen LogP) is 2.67. The molecule has 0 aliphatic heterocycles. The van der Waals surface area contributed by atoms with Crippen molar-refractivity contribution in [3.05, 3.63) is 17.0 Å². The molecule has 0 bridgehead atoms. The van der Waals surface area contributed by atoms with Crippen LogP contribution in [0.2, 0.25) is 0 Å². The standard InChI is InChI=1S/C14H24N2O2S2/c1-11-5-4-6-13(7-11)16(3)20(17,18)14-8-12(9-15-2)10-19-14/h8,10-11,13,15H,4-7,9H2,1-3H3. The van der Waals surface area contributed by atoms with Crippen LogP contribution in [0.5, 0.6) is 0 Å². The molecule has 20 heavy (non-hydrogen) atoms. The SMILES string of the molecule is CNCc1csc(S(=O)(=O)N(C)C2CCCC(C)C2)c1. The number of nitrogens with one attached hydrogen (secondary N) is 1. The third kappa shape index (κ3) is 3.42. The van der Waals surface area contributed by atoms with Gasteiger partial charge in [-0.25, -0.2) is 8.42 Å². The zero-order chi connectivity index (χ0) is 14.8. The van der Waals surface area contributed by atoms with Crippen molar-refractivity contribution >= 4 is 21.4 Å². The van der Waals surface area contributed by atoms with Crippen molar-refractivity contribution in [2.75, 3.05) is 14.1 Å². The fraction of sp³-hybridized carbons (Fsp3) is 0.714. The van der Waals surface area contributed by atoms with Gasteiger partial charge in [-0.3, -0.25) is 0 Å². The van der Waals surface area contributed by atoms with Crippen LogP contribution in [0.1, 0.15) is 38.2 Å². The van der Waals surface area contributed by atoms with E-state index in [2.05, 4.69) is 12.2 Å². The molecule has 1 aliphatic rings. The van der Waals surface area contributed by atoms with E-state index >= 15 is 0 Å². The van der Waals surface area contributed by atoms with Crippen LogP contribution in [0, 0.1) is 5.92 Å².